The van der Waals surface area contributed by atoms with E-state index in [2.05, 4.69) is 22.0 Å². The van der Waals surface area contributed by atoms with Crippen molar-refractivity contribution in [1.29, 1.82) is 0 Å². The number of rotatable bonds is 6. The lowest BCUT2D eigenvalue weighted by atomic mass is 9.80. The van der Waals surface area contributed by atoms with Gasteiger partial charge < -0.3 is 14.0 Å². The van der Waals surface area contributed by atoms with Gasteiger partial charge in [-0.3, -0.25) is 0 Å². The first-order valence-corrected chi connectivity index (χ1v) is 10.8. The van der Waals surface area contributed by atoms with Crippen LogP contribution in [0, 0.1) is 11.3 Å². The number of hydrogen-bond donors (Lipinski definition) is 1. The van der Waals surface area contributed by atoms with Crippen molar-refractivity contribution in [2.24, 2.45) is 11.3 Å². The summed E-state index contributed by atoms with van der Waals surface area (Å²) in [5.74, 6) is 3.21. The van der Waals surface area contributed by atoms with Crippen LogP contribution in [0.2, 0.25) is 0 Å². The molecule has 0 saturated heterocycles. The molecule has 1 aromatic heterocycles. The number of aromatic nitrogens is 1. The Morgan fingerprint density at radius 1 is 1.20 bits per heavy atom. The third kappa shape index (κ3) is 3.12. The van der Waals surface area contributed by atoms with Gasteiger partial charge in [0, 0.05) is 12.3 Å². The van der Waals surface area contributed by atoms with Crippen LogP contribution in [-0.2, 0) is 0 Å². The lowest BCUT2D eigenvalue weighted by Gasteiger charge is -2.28. The van der Waals surface area contributed by atoms with Gasteiger partial charge in [-0.05, 0) is 80.2 Å². The molecule has 0 atom stereocenters. The minimum Gasteiger partial charge on any atom is -0.493 e. The Labute approximate surface area is 153 Å². The second-order valence-electron chi connectivity index (χ2n) is 8.25. The summed E-state index contributed by atoms with van der Waals surface area (Å²) in [6.45, 7) is 0.853. The van der Waals surface area contributed by atoms with E-state index in [4.69, 9.17) is 9.26 Å². The van der Waals surface area contributed by atoms with Crippen molar-refractivity contribution in [2.45, 2.75) is 57.3 Å². The van der Waals surface area contributed by atoms with E-state index in [9.17, 15) is 0 Å². The maximum Gasteiger partial charge on any atom is 0.187 e. The van der Waals surface area contributed by atoms with Gasteiger partial charge in [0.15, 0.2) is 11.4 Å². The first-order valence-electron chi connectivity index (χ1n) is 9.61. The molecule has 3 aliphatic carbocycles. The van der Waals surface area contributed by atoms with E-state index < -0.39 is 0 Å². The van der Waals surface area contributed by atoms with Gasteiger partial charge in [-0.15, -0.1) is 0 Å². The van der Waals surface area contributed by atoms with Crippen molar-refractivity contribution >= 4 is 28.7 Å². The van der Waals surface area contributed by atoms with Crippen LogP contribution >= 0.6 is 11.9 Å². The van der Waals surface area contributed by atoms with Crippen LogP contribution in [0.4, 0.5) is 5.82 Å². The van der Waals surface area contributed by atoms with E-state index >= 15 is 0 Å². The summed E-state index contributed by atoms with van der Waals surface area (Å²) in [5.41, 5.74) is 2.92. The van der Waals surface area contributed by atoms with Crippen LogP contribution in [0.3, 0.4) is 0 Å². The van der Waals surface area contributed by atoms with E-state index in [1.165, 1.54) is 68.9 Å². The second kappa shape index (κ2) is 6.11. The highest BCUT2D eigenvalue weighted by atomic mass is 32.2. The molecule has 5 heteroatoms. The van der Waals surface area contributed by atoms with Crippen molar-refractivity contribution in [2.75, 3.05) is 17.6 Å². The predicted molar refractivity (Wildman–Crippen MR) is 102 cm³/mol. The average Bonchev–Trinajstić information content (AvgIpc) is 3.56. The van der Waals surface area contributed by atoms with Gasteiger partial charge in [0.05, 0.1) is 12.0 Å². The molecule has 2 aromatic rings. The predicted octanol–water partition coefficient (Wildman–Crippen LogP) is 5.74. The first-order chi connectivity index (χ1) is 12.3. The Balaban J connectivity index is 1.34. The largest absolute Gasteiger partial charge is 0.493 e. The fourth-order valence-electron chi connectivity index (χ4n) is 4.33. The summed E-state index contributed by atoms with van der Waals surface area (Å²) in [6.07, 6.45) is 13.0. The first kappa shape index (κ1) is 15.9. The zero-order chi connectivity index (χ0) is 16.9. The Hall–Kier alpha value is -1.36. The normalized spacial score (nSPS) is 22.4. The molecular weight excluding hydrogens is 332 g/mol. The highest BCUT2D eigenvalue weighted by Gasteiger charge is 2.44. The van der Waals surface area contributed by atoms with Crippen LogP contribution in [0.1, 0.15) is 62.8 Å². The molecule has 0 bridgehead atoms. The minimum atomic E-state index is 0.650. The van der Waals surface area contributed by atoms with Crippen molar-refractivity contribution < 1.29 is 9.26 Å². The summed E-state index contributed by atoms with van der Waals surface area (Å²) in [6, 6.07) is 4.30. The molecule has 3 fully saturated rings. The summed E-state index contributed by atoms with van der Waals surface area (Å²) in [7, 11) is 0. The monoisotopic (exact) mass is 358 g/mol. The third-order valence-electron chi connectivity index (χ3n) is 6.42. The molecule has 3 aliphatic rings. The lowest BCUT2D eigenvalue weighted by Crippen LogP contribution is -2.20. The highest BCUT2D eigenvalue weighted by molar-refractivity contribution is 7.99. The maximum atomic E-state index is 6.33. The van der Waals surface area contributed by atoms with Crippen molar-refractivity contribution in [3.63, 3.8) is 0 Å². The standard InChI is InChI=1S/C20H26N2O2S/c1-25-22-19-16-10-15(14-2-3-14)17(11-18(16)24-21-19)23-12-13-4-6-20(7-5-13)8-9-20/h10-11,13-14H,2-9,12H2,1H3,(H,21,22). The van der Waals surface area contributed by atoms with E-state index in [1.807, 2.05) is 6.26 Å². The molecule has 0 unspecified atom stereocenters. The van der Waals surface area contributed by atoms with Crippen LogP contribution in [0.5, 0.6) is 5.75 Å². The van der Waals surface area contributed by atoms with Crippen LogP contribution in [0.15, 0.2) is 16.7 Å². The number of anilines is 1. The quantitative estimate of drug-likeness (QED) is 0.667. The van der Waals surface area contributed by atoms with Gasteiger partial charge in [-0.2, -0.15) is 0 Å². The summed E-state index contributed by atoms with van der Waals surface area (Å²) in [4.78, 5) is 0. The number of nitrogens with zero attached hydrogens (tertiary/aromatic N) is 1. The second-order valence-corrected chi connectivity index (χ2v) is 8.86. The van der Waals surface area contributed by atoms with Gasteiger partial charge in [-0.25, -0.2) is 0 Å². The SMILES string of the molecule is CSNc1noc2cc(OCC3CCC4(CC3)CC4)c(C3CC3)cc12. The van der Waals surface area contributed by atoms with E-state index in [-0.39, 0.29) is 0 Å². The molecule has 1 spiro atoms. The average molecular weight is 359 g/mol. The summed E-state index contributed by atoms with van der Waals surface area (Å²) < 4.78 is 15.1. The maximum absolute atomic E-state index is 6.33. The van der Waals surface area contributed by atoms with Gasteiger partial charge in [0.2, 0.25) is 0 Å². The molecule has 5 rings (SSSR count). The zero-order valence-electron chi connectivity index (χ0n) is 14.8. The fraction of sp³-hybridized carbons (Fsp3) is 0.650. The van der Waals surface area contributed by atoms with Crippen molar-refractivity contribution in [1.82, 2.24) is 5.16 Å². The van der Waals surface area contributed by atoms with Gasteiger partial charge in [0.25, 0.3) is 0 Å². The molecule has 134 valence electrons. The molecule has 0 radical (unpaired) electrons. The van der Waals surface area contributed by atoms with Gasteiger partial charge in [0.1, 0.15) is 5.75 Å². The van der Waals surface area contributed by atoms with Crippen molar-refractivity contribution in [3.05, 3.63) is 17.7 Å². The number of fused-ring (bicyclic) bond motifs is 1. The Kier molecular flexibility index (Phi) is 3.88. The zero-order valence-corrected chi connectivity index (χ0v) is 15.7. The Morgan fingerprint density at radius 3 is 2.68 bits per heavy atom. The number of nitrogens with one attached hydrogen (secondary N) is 1. The smallest absolute Gasteiger partial charge is 0.187 e. The Bertz CT molecular complexity index is 769. The van der Waals surface area contributed by atoms with Crippen LogP contribution in [-0.4, -0.2) is 18.0 Å². The van der Waals surface area contributed by atoms with E-state index in [1.54, 1.807) is 0 Å². The number of ether oxygens (including phenoxy) is 1. The van der Waals surface area contributed by atoms with Gasteiger partial charge >= 0.3 is 0 Å². The molecule has 1 heterocycles. The molecule has 3 saturated carbocycles. The fourth-order valence-corrected chi connectivity index (χ4v) is 4.67. The third-order valence-corrected chi connectivity index (χ3v) is 6.81. The molecule has 1 N–H and O–H groups in total. The van der Waals surface area contributed by atoms with Crippen molar-refractivity contribution in [3.8, 4) is 5.75 Å². The van der Waals surface area contributed by atoms with Crippen LogP contribution < -0.4 is 9.46 Å². The van der Waals surface area contributed by atoms with E-state index in [0.29, 0.717) is 5.92 Å². The number of hydrogen-bond acceptors (Lipinski definition) is 5. The summed E-state index contributed by atoms with van der Waals surface area (Å²) >= 11 is 1.54. The minimum absolute atomic E-state index is 0.650. The highest BCUT2D eigenvalue weighted by Crippen LogP contribution is 2.57. The molecular formula is C20H26N2O2S. The summed E-state index contributed by atoms with van der Waals surface area (Å²) in [5, 5.41) is 5.22. The molecule has 1 aromatic carbocycles. The van der Waals surface area contributed by atoms with Crippen LogP contribution in [0.25, 0.3) is 11.0 Å². The van der Waals surface area contributed by atoms with Gasteiger partial charge in [-0.1, -0.05) is 17.1 Å². The number of benzene rings is 1. The molecule has 0 aliphatic heterocycles. The molecule has 25 heavy (non-hydrogen) atoms. The molecule has 4 nitrogen and oxygen atoms in total. The lowest BCUT2D eigenvalue weighted by molar-refractivity contribution is 0.174. The topological polar surface area (TPSA) is 47.3 Å². The van der Waals surface area contributed by atoms with E-state index in [0.717, 1.165) is 40.5 Å². The Morgan fingerprint density at radius 2 is 2.00 bits per heavy atom. The molecule has 0 amide bonds.